The summed E-state index contributed by atoms with van der Waals surface area (Å²) in [6.45, 7) is 6.37. The van der Waals surface area contributed by atoms with Crippen molar-refractivity contribution < 1.29 is 5.11 Å². The predicted octanol–water partition coefficient (Wildman–Crippen LogP) is 2.26. The van der Waals surface area contributed by atoms with E-state index in [4.69, 9.17) is 5.11 Å². The molecule has 72 valence electrons. The molecule has 13 heavy (non-hydrogen) atoms. The largest absolute Gasteiger partial charge is 0.392 e. The summed E-state index contributed by atoms with van der Waals surface area (Å²) in [5, 5.41) is 9.09. The molecule has 0 atom stereocenters. The van der Waals surface area contributed by atoms with Crippen molar-refractivity contribution in [1.29, 1.82) is 0 Å². The van der Waals surface area contributed by atoms with Gasteiger partial charge in [-0.25, -0.2) is 0 Å². The molecule has 0 spiro atoms. The number of aliphatic hydroxyl groups is 1. The number of aryl methyl sites for hydroxylation is 1. The van der Waals surface area contributed by atoms with Gasteiger partial charge in [-0.2, -0.15) is 0 Å². The Balaban J connectivity index is 3.10. The highest BCUT2D eigenvalue weighted by Gasteiger charge is 2.07. The van der Waals surface area contributed by atoms with Crippen LogP contribution in [0, 0.1) is 0 Å². The molecule has 1 N–H and O–H groups in total. The first-order chi connectivity index (χ1) is 6.19. The Kier molecular flexibility index (Phi) is 3.43. The molecule has 2 heteroatoms. The molecule has 0 aliphatic rings. The molecule has 0 aliphatic heterocycles. The predicted molar refractivity (Wildman–Crippen MR) is 53.6 cm³/mol. The van der Waals surface area contributed by atoms with Gasteiger partial charge in [0.25, 0.3) is 0 Å². The van der Waals surface area contributed by atoms with Gasteiger partial charge in [-0.1, -0.05) is 26.8 Å². The number of hydrogen-bond acceptors (Lipinski definition) is 2. The van der Waals surface area contributed by atoms with Crippen LogP contribution in [0.5, 0.6) is 0 Å². The zero-order chi connectivity index (χ0) is 9.84. The Morgan fingerprint density at radius 2 is 2.08 bits per heavy atom. The van der Waals surface area contributed by atoms with Crippen LogP contribution in [0.3, 0.4) is 0 Å². The first-order valence-corrected chi connectivity index (χ1v) is 4.78. The number of nitrogens with zero attached hydrogens (tertiary/aromatic N) is 1. The first-order valence-electron chi connectivity index (χ1n) is 4.78. The van der Waals surface area contributed by atoms with Crippen molar-refractivity contribution in [2.45, 2.75) is 39.7 Å². The van der Waals surface area contributed by atoms with Gasteiger partial charge in [0.15, 0.2) is 0 Å². The third-order valence-electron chi connectivity index (χ3n) is 2.15. The Bertz CT molecular complexity index is 281. The van der Waals surface area contributed by atoms with Gasteiger partial charge in [0.2, 0.25) is 0 Å². The number of aromatic nitrogens is 1. The monoisotopic (exact) mass is 179 g/mol. The fraction of sp³-hybridized carbons (Fsp3) is 0.545. The van der Waals surface area contributed by atoms with E-state index in [-0.39, 0.29) is 6.61 Å². The van der Waals surface area contributed by atoms with Crippen molar-refractivity contribution in [3.05, 3.63) is 29.1 Å². The van der Waals surface area contributed by atoms with E-state index < -0.39 is 0 Å². The van der Waals surface area contributed by atoms with Crippen LogP contribution in [0.1, 0.15) is 43.6 Å². The molecule has 2 nitrogen and oxygen atoms in total. The zero-order valence-electron chi connectivity index (χ0n) is 8.54. The van der Waals surface area contributed by atoms with Gasteiger partial charge in [0.1, 0.15) is 0 Å². The van der Waals surface area contributed by atoms with Gasteiger partial charge < -0.3 is 5.11 Å². The van der Waals surface area contributed by atoms with E-state index >= 15 is 0 Å². The van der Waals surface area contributed by atoms with Crippen molar-refractivity contribution >= 4 is 0 Å². The molecule has 0 saturated carbocycles. The minimum atomic E-state index is 0.0878. The van der Waals surface area contributed by atoms with E-state index in [1.54, 1.807) is 0 Å². The molecule has 0 unspecified atom stereocenters. The number of pyridine rings is 1. The van der Waals surface area contributed by atoms with Crippen molar-refractivity contribution in [3.63, 3.8) is 0 Å². The highest BCUT2D eigenvalue weighted by molar-refractivity contribution is 5.24. The van der Waals surface area contributed by atoms with E-state index in [0.717, 1.165) is 23.4 Å². The third kappa shape index (κ3) is 2.28. The summed E-state index contributed by atoms with van der Waals surface area (Å²) >= 11 is 0. The summed E-state index contributed by atoms with van der Waals surface area (Å²) in [6.07, 6.45) is 0.950. The van der Waals surface area contributed by atoms with Gasteiger partial charge in [-0.05, 0) is 24.0 Å². The first kappa shape index (κ1) is 10.2. The van der Waals surface area contributed by atoms with Crippen LogP contribution in [-0.4, -0.2) is 10.1 Å². The minimum Gasteiger partial charge on any atom is -0.392 e. The van der Waals surface area contributed by atoms with Crippen LogP contribution in [0.2, 0.25) is 0 Å². The number of aliphatic hydroxyl groups excluding tert-OH is 1. The summed E-state index contributed by atoms with van der Waals surface area (Å²) in [7, 11) is 0. The SMILES string of the molecule is CCc1ccc(CO)c(C(C)C)n1. The Morgan fingerprint density at radius 1 is 1.38 bits per heavy atom. The van der Waals surface area contributed by atoms with E-state index in [2.05, 4.69) is 25.8 Å². The molecule has 0 radical (unpaired) electrons. The fourth-order valence-electron chi connectivity index (χ4n) is 1.38. The zero-order valence-corrected chi connectivity index (χ0v) is 8.54. The fourth-order valence-corrected chi connectivity index (χ4v) is 1.38. The van der Waals surface area contributed by atoms with Gasteiger partial charge in [-0.3, -0.25) is 4.98 Å². The van der Waals surface area contributed by atoms with Gasteiger partial charge in [0.05, 0.1) is 6.61 Å². The average Bonchev–Trinajstić information content (AvgIpc) is 2.16. The van der Waals surface area contributed by atoms with Gasteiger partial charge in [-0.15, -0.1) is 0 Å². The summed E-state index contributed by atoms with van der Waals surface area (Å²) < 4.78 is 0. The summed E-state index contributed by atoms with van der Waals surface area (Å²) in [5.41, 5.74) is 3.08. The normalized spacial score (nSPS) is 10.8. The molecule has 0 saturated heterocycles. The molecule has 1 aromatic rings. The molecule has 1 rings (SSSR count). The lowest BCUT2D eigenvalue weighted by molar-refractivity contribution is 0.279. The number of hydrogen-bond donors (Lipinski definition) is 1. The van der Waals surface area contributed by atoms with Crippen molar-refractivity contribution in [2.24, 2.45) is 0 Å². The van der Waals surface area contributed by atoms with E-state index in [1.165, 1.54) is 0 Å². The van der Waals surface area contributed by atoms with Crippen molar-refractivity contribution in [3.8, 4) is 0 Å². The van der Waals surface area contributed by atoms with E-state index in [9.17, 15) is 0 Å². The second-order valence-corrected chi connectivity index (χ2v) is 3.51. The third-order valence-corrected chi connectivity index (χ3v) is 2.15. The summed E-state index contributed by atoms with van der Waals surface area (Å²) in [6, 6.07) is 3.96. The standard InChI is InChI=1S/C11H17NO/c1-4-10-6-5-9(7-13)11(12-10)8(2)3/h5-6,8,13H,4,7H2,1-3H3. The topological polar surface area (TPSA) is 33.1 Å². The second-order valence-electron chi connectivity index (χ2n) is 3.51. The molecular formula is C11H17NO. The smallest absolute Gasteiger partial charge is 0.0699 e. The Labute approximate surface area is 79.6 Å². The van der Waals surface area contributed by atoms with Gasteiger partial charge in [0, 0.05) is 11.4 Å². The van der Waals surface area contributed by atoms with Crippen LogP contribution in [-0.2, 0) is 13.0 Å². The van der Waals surface area contributed by atoms with Crippen molar-refractivity contribution in [1.82, 2.24) is 4.98 Å². The quantitative estimate of drug-likeness (QED) is 0.772. The average molecular weight is 179 g/mol. The van der Waals surface area contributed by atoms with E-state index in [0.29, 0.717) is 5.92 Å². The van der Waals surface area contributed by atoms with Crippen LogP contribution in [0.25, 0.3) is 0 Å². The lowest BCUT2D eigenvalue weighted by Crippen LogP contribution is -2.02. The molecule has 0 aliphatic carbocycles. The molecule has 0 bridgehead atoms. The maximum atomic E-state index is 9.09. The minimum absolute atomic E-state index is 0.0878. The molecule has 0 aromatic carbocycles. The summed E-state index contributed by atoms with van der Waals surface area (Å²) in [5.74, 6) is 0.383. The van der Waals surface area contributed by atoms with Crippen LogP contribution < -0.4 is 0 Å². The second kappa shape index (κ2) is 4.38. The molecule has 0 fully saturated rings. The van der Waals surface area contributed by atoms with Crippen LogP contribution >= 0.6 is 0 Å². The lowest BCUT2D eigenvalue weighted by atomic mass is 10.0. The lowest BCUT2D eigenvalue weighted by Gasteiger charge is -2.11. The molecule has 1 heterocycles. The van der Waals surface area contributed by atoms with Crippen LogP contribution in [0.15, 0.2) is 12.1 Å². The highest BCUT2D eigenvalue weighted by atomic mass is 16.3. The maximum absolute atomic E-state index is 9.09. The molecule has 0 amide bonds. The molecular weight excluding hydrogens is 162 g/mol. The van der Waals surface area contributed by atoms with E-state index in [1.807, 2.05) is 12.1 Å². The van der Waals surface area contributed by atoms with Crippen molar-refractivity contribution in [2.75, 3.05) is 0 Å². The number of rotatable bonds is 3. The van der Waals surface area contributed by atoms with Gasteiger partial charge >= 0.3 is 0 Å². The van der Waals surface area contributed by atoms with Crippen LogP contribution in [0.4, 0.5) is 0 Å². The highest BCUT2D eigenvalue weighted by Crippen LogP contribution is 2.17. The summed E-state index contributed by atoms with van der Waals surface area (Å²) in [4.78, 5) is 4.50. The Morgan fingerprint density at radius 3 is 2.54 bits per heavy atom. The molecule has 1 aromatic heterocycles. The Hall–Kier alpha value is -0.890. The maximum Gasteiger partial charge on any atom is 0.0699 e.